The van der Waals surface area contributed by atoms with Crippen molar-refractivity contribution in [3.63, 3.8) is 0 Å². The van der Waals surface area contributed by atoms with Gasteiger partial charge in [-0.3, -0.25) is 10.1 Å². The minimum atomic E-state index is -0.475. The van der Waals surface area contributed by atoms with Crippen LogP contribution in [0.1, 0.15) is 44.6 Å². The molecule has 0 heterocycles. The van der Waals surface area contributed by atoms with Gasteiger partial charge in [-0.1, -0.05) is 43.9 Å². The first-order chi connectivity index (χ1) is 9.99. The molecule has 0 bridgehead atoms. The Morgan fingerprint density at radius 3 is 2.95 bits per heavy atom. The van der Waals surface area contributed by atoms with Crippen molar-refractivity contribution < 1.29 is 4.92 Å². The lowest BCUT2D eigenvalue weighted by atomic mass is 9.67. The second-order valence-electron chi connectivity index (χ2n) is 5.97. The van der Waals surface area contributed by atoms with Crippen molar-refractivity contribution in [1.82, 2.24) is 0 Å². The molecule has 1 aromatic rings. The first-order valence-corrected chi connectivity index (χ1v) is 7.71. The van der Waals surface area contributed by atoms with Gasteiger partial charge in [0, 0.05) is 16.7 Å². The van der Waals surface area contributed by atoms with Crippen molar-refractivity contribution >= 4 is 17.3 Å². The Morgan fingerprint density at radius 2 is 2.33 bits per heavy atom. The number of rotatable bonds is 4. The predicted molar refractivity (Wildman–Crippen MR) is 82.1 cm³/mol. The standard InChI is InChI=1S/C16H19ClN2O2/c1-2-12-4-3-7-16(9-12,11-18)10-13-5-6-14(17)8-15(13)19(20)21/h5-6,8,12H,2-4,7,9-10H2,1H3. The molecule has 2 rings (SSSR count). The number of nitro benzene ring substituents is 1. The first-order valence-electron chi connectivity index (χ1n) is 7.34. The molecule has 0 spiro atoms. The van der Waals surface area contributed by atoms with E-state index in [9.17, 15) is 15.4 Å². The highest BCUT2D eigenvalue weighted by Gasteiger charge is 2.37. The predicted octanol–water partition coefficient (Wildman–Crippen LogP) is 4.90. The van der Waals surface area contributed by atoms with Gasteiger partial charge in [-0.25, -0.2) is 0 Å². The summed E-state index contributed by atoms with van der Waals surface area (Å²) in [6, 6.07) is 7.18. The molecule has 0 N–H and O–H groups in total. The van der Waals surface area contributed by atoms with Crippen LogP contribution in [0.3, 0.4) is 0 Å². The van der Waals surface area contributed by atoms with Crippen molar-refractivity contribution in [1.29, 1.82) is 5.26 Å². The van der Waals surface area contributed by atoms with E-state index in [2.05, 4.69) is 13.0 Å². The smallest absolute Gasteiger partial charge is 0.258 e. The molecule has 1 fully saturated rings. The van der Waals surface area contributed by atoms with Gasteiger partial charge in [-0.15, -0.1) is 0 Å². The van der Waals surface area contributed by atoms with Crippen LogP contribution in [-0.4, -0.2) is 4.92 Å². The second kappa shape index (κ2) is 6.44. The van der Waals surface area contributed by atoms with Gasteiger partial charge in [0.25, 0.3) is 5.69 Å². The summed E-state index contributed by atoms with van der Waals surface area (Å²) in [5, 5.41) is 21.2. The Morgan fingerprint density at radius 1 is 1.57 bits per heavy atom. The molecule has 1 aromatic carbocycles. The zero-order valence-corrected chi connectivity index (χ0v) is 12.9. The Labute approximate surface area is 129 Å². The van der Waals surface area contributed by atoms with E-state index in [0.717, 1.165) is 32.1 Å². The van der Waals surface area contributed by atoms with Crippen molar-refractivity contribution in [2.45, 2.75) is 45.4 Å². The van der Waals surface area contributed by atoms with Crippen molar-refractivity contribution in [2.24, 2.45) is 11.3 Å². The van der Waals surface area contributed by atoms with Gasteiger partial charge in [0.2, 0.25) is 0 Å². The Kier molecular flexibility index (Phi) is 4.84. The molecule has 0 saturated heterocycles. The highest BCUT2D eigenvalue weighted by Crippen LogP contribution is 2.44. The summed E-state index contributed by atoms with van der Waals surface area (Å²) in [5.74, 6) is 0.546. The Hall–Kier alpha value is -1.60. The average molecular weight is 307 g/mol. The van der Waals surface area contributed by atoms with Crippen LogP contribution in [0.4, 0.5) is 5.69 Å². The summed E-state index contributed by atoms with van der Waals surface area (Å²) in [5.41, 5.74) is 0.163. The summed E-state index contributed by atoms with van der Waals surface area (Å²) in [6.45, 7) is 2.14. The van der Waals surface area contributed by atoms with Gasteiger partial charge in [-0.05, 0) is 31.2 Å². The number of benzene rings is 1. The van der Waals surface area contributed by atoms with Crippen LogP contribution in [-0.2, 0) is 6.42 Å². The summed E-state index contributed by atoms with van der Waals surface area (Å²) >= 11 is 5.85. The van der Waals surface area contributed by atoms with Crippen molar-refractivity contribution in [2.75, 3.05) is 0 Å². The number of hydrogen-bond donors (Lipinski definition) is 0. The van der Waals surface area contributed by atoms with Crippen LogP contribution in [0, 0.1) is 32.8 Å². The van der Waals surface area contributed by atoms with Gasteiger partial charge < -0.3 is 0 Å². The molecule has 0 amide bonds. The molecule has 0 aliphatic heterocycles. The van der Waals surface area contributed by atoms with E-state index < -0.39 is 10.3 Å². The zero-order chi connectivity index (χ0) is 15.5. The Bertz CT molecular complexity index is 582. The summed E-state index contributed by atoms with van der Waals surface area (Å²) in [4.78, 5) is 10.8. The van der Waals surface area contributed by atoms with E-state index in [1.807, 2.05) is 0 Å². The van der Waals surface area contributed by atoms with Gasteiger partial charge in [0.15, 0.2) is 0 Å². The van der Waals surface area contributed by atoms with Crippen LogP contribution in [0.2, 0.25) is 5.02 Å². The van der Waals surface area contributed by atoms with Crippen molar-refractivity contribution in [3.8, 4) is 6.07 Å². The molecule has 1 saturated carbocycles. The van der Waals surface area contributed by atoms with E-state index in [1.165, 1.54) is 6.07 Å². The molecule has 5 heteroatoms. The third kappa shape index (κ3) is 3.54. The third-order valence-corrected chi connectivity index (χ3v) is 4.77. The van der Waals surface area contributed by atoms with E-state index in [4.69, 9.17) is 11.6 Å². The van der Waals surface area contributed by atoms with Gasteiger partial charge >= 0.3 is 0 Å². The number of nitrogens with zero attached hydrogens (tertiary/aromatic N) is 2. The fourth-order valence-corrected chi connectivity index (χ4v) is 3.52. The number of nitriles is 1. The molecule has 4 nitrogen and oxygen atoms in total. The fraction of sp³-hybridized carbons (Fsp3) is 0.562. The monoisotopic (exact) mass is 306 g/mol. The van der Waals surface area contributed by atoms with E-state index in [1.54, 1.807) is 12.1 Å². The SMILES string of the molecule is CCC1CCCC(C#N)(Cc2ccc(Cl)cc2[N+](=O)[O-])C1. The fourth-order valence-electron chi connectivity index (χ4n) is 3.36. The molecule has 0 aromatic heterocycles. The van der Waals surface area contributed by atoms with Gasteiger partial charge in [-0.2, -0.15) is 5.26 Å². The van der Waals surface area contributed by atoms with Crippen LogP contribution in [0.25, 0.3) is 0 Å². The maximum absolute atomic E-state index is 11.2. The topological polar surface area (TPSA) is 66.9 Å². The zero-order valence-electron chi connectivity index (χ0n) is 12.1. The normalized spacial score (nSPS) is 25.3. The molecule has 2 unspecified atom stereocenters. The molecule has 2 atom stereocenters. The summed E-state index contributed by atoms with van der Waals surface area (Å²) < 4.78 is 0. The van der Waals surface area contributed by atoms with E-state index >= 15 is 0 Å². The van der Waals surface area contributed by atoms with Crippen molar-refractivity contribution in [3.05, 3.63) is 38.9 Å². The van der Waals surface area contributed by atoms with Crippen LogP contribution in [0.5, 0.6) is 0 Å². The maximum atomic E-state index is 11.2. The number of hydrogen-bond acceptors (Lipinski definition) is 3. The highest BCUT2D eigenvalue weighted by molar-refractivity contribution is 6.30. The second-order valence-corrected chi connectivity index (χ2v) is 6.41. The molecule has 1 aliphatic rings. The largest absolute Gasteiger partial charge is 0.274 e. The lowest BCUT2D eigenvalue weighted by Crippen LogP contribution is -2.29. The van der Waals surface area contributed by atoms with E-state index in [0.29, 0.717) is 22.9 Å². The molecular weight excluding hydrogens is 288 g/mol. The van der Waals surface area contributed by atoms with Gasteiger partial charge in [0.05, 0.1) is 16.4 Å². The van der Waals surface area contributed by atoms with E-state index in [-0.39, 0.29) is 5.69 Å². The molecule has 1 aliphatic carbocycles. The molecule has 0 radical (unpaired) electrons. The molecular formula is C16H19ClN2O2. The number of halogens is 1. The van der Waals surface area contributed by atoms with Crippen LogP contribution >= 0.6 is 11.6 Å². The summed E-state index contributed by atoms with van der Waals surface area (Å²) in [7, 11) is 0. The minimum absolute atomic E-state index is 0.0238. The third-order valence-electron chi connectivity index (χ3n) is 4.53. The Balaban J connectivity index is 2.31. The summed E-state index contributed by atoms with van der Waals surface area (Å²) in [6.07, 6.45) is 5.33. The van der Waals surface area contributed by atoms with Crippen LogP contribution in [0.15, 0.2) is 18.2 Å². The maximum Gasteiger partial charge on any atom is 0.274 e. The lowest BCUT2D eigenvalue weighted by molar-refractivity contribution is -0.385. The minimum Gasteiger partial charge on any atom is -0.258 e. The van der Waals surface area contributed by atoms with Crippen LogP contribution < -0.4 is 0 Å². The van der Waals surface area contributed by atoms with Gasteiger partial charge in [0.1, 0.15) is 0 Å². The molecule has 112 valence electrons. The molecule has 21 heavy (non-hydrogen) atoms. The first kappa shape index (κ1) is 15.8. The average Bonchev–Trinajstić information content (AvgIpc) is 2.49. The highest BCUT2D eigenvalue weighted by atomic mass is 35.5. The number of nitro groups is 1. The quantitative estimate of drug-likeness (QED) is 0.587. The lowest BCUT2D eigenvalue weighted by Gasteiger charge is -2.35.